The van der Waals surface area contributed by atoms with Gasteiger partial charge in [0.05, 0.1) is 12.7 Å². The van der Waals surface area contributed by atoms with E-state index in [0.29, 0.717) is 22.8 Å². The van der Waals surface area contributed by atoms with Gasteiger partial charge < -0.3 is 15.0 Å². The number of amides is 1. The van der Waals surface area contributed by atoms with E-state index < -0.39 is 5.97 Å². The van der Waals surface area contributed by atoms with Gasteiger partial charge in [-0.15, -0.1) is 10.2 Å². The summed E-state index contributed by atoms with van der Waals surface area (Å²) in [6.07, 6.45) is 4.41. The molecule has 136 valence electrons. The van der Waals surface area contributed by atoms with Crippen LogP contribution in [0.15, 0.2) is 36.4 Å². The van der Waals surface area contributed by atoms with Gasteiger partial charge in [-0.3, -0.25) is 4.79 Å². The van der Waals surface area contributed by atoms with Gasteiger partial charge in [0, 0.05) is 18.8 Å². The Morgan fingerprint density at radius 1 is 1.04 bits per heavy atom. The third kappa shape index (κ3) is 4.36. The number of benzene rings is 1. The van der Waals surface area contributed by atoms with Crippen LogP contribution in [0.5, 0.6) is 0 Å². The molecule has 7 nitrogen and oxygen atoms in total. The topological polar surface area (TPSA) is 84.4 Å². The SMILES string of the molecule is COC(=O)c1cccc(Nc2ccc(C(=O)N3CCCCCC3)nn2)c1. The summed E-state index contributed by atoms with van der Waals surface area (Å²) in [5, 5.41) is 11.2. The summed E-state index contributed by atoms with van der Waals surface area (Å²) in [6, 6.07) is 10.3. The highest BCUT2D eigenvalue weighted by molar-refractivity contribution is 5.92. The van der Waals surface area contributed by atoms with Crippen LogP contribution in [-0.2, 0) is 4.74 Å². The van der Waals surface area contributed by atoms with Gasteiger partial charge in [0.1, 0.15) is 0 Å². The fourth-order valence-electron chi connectivity index (χ4n) is 2.94. The van der Waals surface area contributed by atoms with Crippen molar-refractivity contribution in [1.29, 1.82) is 0 Å². The molecule has 1 aliphatic heterocycles. The third-order valence-electron chi connectivity index (χ3n) is 4.33. The first kappa shape index (κ1) is 17.8. The van der Waals surface area contributed by atoms with Crippen LogP contribution in [0.25, 0.3) is 0 Å². The number of ether oxygens (including phenoxy) is 1. The van der Waals surface area contributed by atoms with Crippen molar-refractivity contribution in [2.24, 2.45) is 0 Å². The van der Waals surface area contributed by atoms with Crippen molar-refractivity contribution < 1.29 is 14.3 Å². The zero-order valence-corrected chi connectivity index (χ0v) is 14.8. The van der Waals surface area contributed by atoms with Crippen molar-refractivity contribution in [3.8, 4) is 0 Å². The molecular weight excluding hydrogens is 332 g/mol. The molecule has 0 aliphatic carbocycles. The first-order valence-electron chi connectivity index (χ1n) is 8.76. The van der Waals surface area contributed by atoms with Crippen molar-refractivity contribution in [2.45, 2.75) is 25.7 Å². The molecule has 0 unspecified atom stereocenters. The lowest BCUT2D eigenvalue weighted by molar-refractivity contribution is 0.0600. The van der Waals surface area contributed by atoms with Crippen LogP contribution in [0.2, 0.25) is 0 Å². The van der Waals surface area contributed by atoms with Gasteiger partial charge in [0.2, 0.25) is 0 Å². The number of carbonyl (C=O) groups is 2. The van der Waals surface area contributed by atoms with E-state index in [9.17, 15) is 9.59 Å². The summed E-state index contributed by atoms with van der Waals surface area (Å²) in [5.74, 6) is 0.0243. The van der Waals surface area contributed by atoms with Gasteiger partial charge in [0.25, 0.3) is 5.91 Å². The number of esters is 1. The van der Waals surface area contributed by atoms with Crippen LogP contribution in [0.1, 0.15) is 46.5 Å². The molecule has 1 fully saturated rings. The van der Waals surface area contributed by atoms with Gasteiger partial charge in [-0.1, -0.05) is 18.9 Å². The lowest BCUT2D eigenvalue weighted by Crippen LogP contribution is -2.32. The lowest BCUT2D eigenvalue weighted by atomic mass is 10.2. The van der Waals surface area contributed by atoms with Crippen LogP contribution in [0.4, 0.5) is 11.5 Å². The van der Waals surface area contributed by atoms with Gasteiger partial charge in [0.15, 0.2) is 11.5 Å². The monoisotopic (exact) mass is 354 g/mol. The van der Waals surface area contributed by atoms with E-state index in [1.165, 1.54) is 20.0 Å². The Morgan fingerprint density at radius 3 is 2.46 bits per heavy atom. The second-order valence-corrected chi connectivity index (χ2v) is 6.21. The molecular formula is C19H22N4O3. The molecule has 0 radical (unpaired) electrons. The van der Waals surface area contributed by atoms with Gasteiger partial charge in [-0.2, -0.15) is 0 Å². The lowest BCUT2D eigenvalue weighted by Gasteiger charge is -2.19. The first-order chi connectivity index (χ1) is 12.7. The minimum absolute atomic E-state index is 0.0707. The van der Waals surface area contributed by atoms with Crippen LogP contribution in [0.3, 0.4) is 0 Å². The largest absolute Gasteiger partial charge is 0.465 e. The molecule has 7 heteroatoms. The third-order valence-corrected chi connectivity index (χ3v) is 4.33. The van der Waals surface area contributed by atoms with Gasteiger partial charge in [-0.25, -0.2) is 4.79 Å². The minimum Gasteiger partial charge on any atom is -0.465 e. The second-order valence-electron chi connectivity index (χ2n) is 6.21. The summed E-state index contributed by atoms with van der Waals surface area (Å²) >= 11 is 0. The average molecular weight is 354 g/mol. The standard InChI is InChI=1S/C19H22N4O3/c1-26-19(25)14-7-6-8-15(13-14)20-17-10-9-16(21-22-17)18(24)23-11-4-2-3-5-12-23/h6-10,13H,2-5,11-12H2,1H3,(H,20,22). The molecule has 1 aromatic carbocycles. The smallest absolute Gasteiger partial charge is 0.337 e. The summed E-state index contributed by atoms with van der Waals surface area (Å²) in [6.45, 7) is 1.56. The highest BCUT2D eigenvalue weighted by Crippen LogP contribution is 2.17. The molecule has 1 N–H and O–H groups in total. The molecule has 2 heterocycles. The number of aromatic nitrogens is 2. The van der Waals surface area contributed by atoms with Crippen molar-refractivity contribution >= 4 is 23.4 Å². The number of nitrogens with zero attached hydrogens (tertiary/aromatic N) is 3. The highest BCUT2D eigenvalue weighted by atomic mass is 16.5. The quantitative estimate of drug-likeness (QED) is 0.850. The zero-order valence-electron chi connectivity index (χ0n) is 14.8. The van der Waals surface area contributed by atoms with Crippen LogP contribution < -0.4 is 5.32 Å². The molecule has 26 heavy (non-hydrogen) atoms. The van der Waals surface area contributed by atoms with E-state index in [0.717, 1.165) is 25.9 Å². The van der Waals surface area contributed by atoms with Crippen LogP contribution in [-0.4, -0.2) is 47.2 Å². The number of methoxy groups -OCH3 is 1. The molecule has 1 saturated heterocycles. The Balaban J connectivity index is 1.68. The first-order valence-corrected chi connectivity index (χ1v) is 8.76. The fraction of sp³-hybridized carbons (Fsp3) is 0.368. The second kappa shape index (κ2) is 8.42. The molecule has 0 saturated carbocycles. The molecule has 0 spiro atoms. The number of anilines is 2. The Hall–Kier alpha value is -2.96. The number of likely N-dealkylation sites (tertiary alicyclic amines) is 1. The summed E-state index contributed by atoms with van der Waals surface area (Å²) in [7, 11) is 1.34. The fourth-order valence-corrected chi connectivity index (χ4v) is 2.94. The molecule has 1 aromatic heterocycles. The summed E-state index contributed by atoms with van der Waals surface area (Å²) in [5.41, 5.74) is 1.48. The number of nitrogens with one attached hydrogen (secondary N) is 1. The van der Waals surface area contributed by atoms with E-state index in [2.05, 4.69) is 15.5 Å². The Morgan fingerprint density at radius 2 is 1.81 bits per heavy atom. The van der Waals surface area contributed by atoms with Crippen molar-refractivity contribution in [1.82, 2.24) is 15.1 Å². The van der Waals surface area contributed by atoms with Crippen LogP contribution in [0, 0.1) is 0 Å². The predicted octanol–water partition coefficient (Wildman–Crippen LogP) is 3.02. The Bertz CT molecular complexity index is 769. The minimum atomic E-state index is -0.405. The van der Waals surface area contributed by atoms with Gasteiger partial charge in [-0.05, 0) is 43.2 Å². The summed E-state index contributed by atoms with van der Waals surface area (Å²) in [4.78, 5) is 26.0. The zero-order chi connectivity index (χ0) is 18.4. The molecule has 3 rings (SSSR count). The van der Waals surface area contributed by atoms with Crippen LogP contribution >= 0.6 is 0 Å². The number of hydrogen-bond donors (Lipinski definition) is 1. The Kier molecular flexibility index (Phi) is 5.78. The molecule has 0 atom stereocenters. The average Bonchev–Trinajstić information content (AvgIpc) is 2.97. The maximum absolute atomic E-state index is 12.5. The molecule has 1 amide bonds. The van der Waals surface area contributed by atoms with Crippen molar-refractivity contribution in [3.05, 3.63) is 47.7 Å². The summed E-state index contributed by atoms with van der Waals surface area (Å²) < 4.78 is 4.71. The number of rotatable bonds is 4. The normalized spacial score (nSPS) is 14.4. The number of hydrogen-bond acceptors (Lipinski definition) is 6. The molecule has 2 aromatic rings. The van der Waals surface area contributed by atoms with E-state index in [1.807, 2.05) is 11.0 Å². The maximum Gasteiger partial charge on any atom is 0.337 e. The number of carbonyl (C=O) groups excluding carboxylic acids is 2. The van der Waals surface area contributed by atoms with E-state index in [4.69, 9.17) is 4.74 Å². The van der Waals surface area contributed by atoms with E-state index >= 15 is 0 Å². The van der Waals surface area contributed by atoms with E-state index in [1.54, 1.807) is 30.3 Å². The van der Waals surface area contributed by atoms with Gasteiger partial charge >= 0.3 is 5.97 Å². The van der Waals surface area contributed by atoms with Crippen molar-refractivity contribution in [2.75, 3.05) is 25.5 Å². The highest BCUT2D eigenvalue weighted by Gasteiger charge is 2.18. The Labute approximate surface area is 152 Å². The van der Waals surface area contributed by atoms with Crippen molar-refractivity contribution in [3.63, 3.8) is 0 Å². The van der Waals surface area contributed by atoms with E-state index in [-0.39, 0.29) is 5.91 Å². The molecule has 1 aliphatic rings. The maximum atomic E-state index is 12.5. The molecule has 0 bridgehead atoms. The predicted molar refractivity (Wildman–Crippen MR) is 97.5 cm³/mol.